The molecule has 0 unspecified atom stereocenters. The summed E-state index contributed by atoms with van der Waals surface area (Å²) in [7, 11) is -0.837. The average Bonchev–Trinajstić information content (AvgIpc) is 3.35. The van der Waals surface area contributed by atoms with Gasteiger partial charge in [0.1, 0.15) is 0 Å². The Morgan fingerprint density at radius 1 is 0.970 bits per heavy atom. The lowest BCUT2D eigenvalue weighted by atomic mass is 10.1. The highest BCUT2D eigenvalue weighted by Crippen LogP contribution is 2.41. The molecule has 1 amide bonds. The molecule has 0 saturated heterocycles. The maximum Gasteiger partial charge on any atom is 0.328 e. The van der Waals surface area contributed by atoms with Crippen molar-refractivity contribution in [1.82, 2.24) is 5.32 Å². The van der Waals surface area contributed by atoms with Crippen LogP contribution in [0, 0.1) is 0 Å². The van der Waals surface area contributed by atoms with Crippen LogP contribution in [-0.4, -0.2) is 52.4 Å². The van der Waals surface area contributed by atoms with Crippen molar-refractivity contribution < 1.29 is 32.2 Å². The summed E-state index contributed by atoms with van der Waals surface area (Å²) >= 11 is 0. The van der Waals surface area contributed by atoms with Crippen molar-refractivity contribution in [3.8, 4) is 11.5 Å². The molecule has 178 valence electrons. The number of benzene rings is 2. The first-order valence-electron chi connectivity index (χ1n) is 10.8. The summed E-state index contributed by atoms with van der Waals surface area (Å²) in [5, 5.41) is 2.69. The molecule has 2 aromatic carbocycles. The van der Waals surface area contributed by atoms with Crippen molar-refractivity contribution in [1.29, 1.82) is 0 Å². The van der Waals surface area contributed by atoms with Crippen LogP contribution < -0.4 is 14.8 Å². The maximum absolute atomic E-state index is 13.2. The monoisotopic (exact) mass is 475 g/mol. The van der Waals surface area contributed by atoms with E-state index < -0.39 is 33.1 Å². The number of nitrogens with one attached hydrogen (secondary N) is 1. The van der Waals surface area contributed by atoms with Gasteiger partial charge in [-0.15, -0.1) is 0 Å². The summed E-state index contributed by atoms with van der Waals surface area (Å²) in [5.74, 6) is -0.145. The predicted molar refractivity (Wildman–Crippen MR) is 122 cm³/mol. The minimum absolute atomic E-state index is 0.0863. The predicted octanol–water partition coefficient (Wildman–Crippen LogP) is 2.69. The standard InChI is InChI=1S/C24H29NO7S/c1-30-20-11-10-18(16-21(20)31-2)12-15-25-22(26)17-32-23(27)24(13-6-7-14-24)33(28,29)19-8-4-3-5-9-19/h3-5,8-11,16H,6-7,12-15,17H2,1-2H3,(H,25,26). The summed E-state index contributed by atoms with van der Waals surface area (Å²) in [4.78, 5) is 25.2. The van der Waals surface area contributed by atoms with Gasteiger partial charge in [0.05, 0.1) is 19.1 Å². The number of hydrogen-bond acceptors (Lipinski definition) is 7. The summed E-state index contributed by atoms with van der Waals surface area (Å²) in [5.41, 5.74) is 0.934. The molecule has 1 N–H and O–H groups in total. The molecule has 1 saturated carbocycles. The lowest BCUT2D eigenvalue weighted by Gasteiger charge is -2.26. The number of hydrogen-bond donors (Lipinski definition) is 1. The summed E-state index contributed by atoms with van der Waals surface area (Å²) < 4.78 is 40.5. The largest absolute Gasteiger partial charge is 0.493 e. The molecular weight excluding hydrogens is 446 g/mol. The van der Waals surface area contributed by atoms with E-state index in [1.807, 2.05) is 12.1 Å². The summed E-state index contributed by atoms with van der Waals surface area (Å²) in [6, 6.07) is 13.4. The van der Waals surface area contributed by atoms with Gasteiger partial charge in [0, 0.05) is 6.54 Å². The minimum atomic E-state index is -3.94. The van der Waals surface area contributed by atoms with Crippen molar-refractivity contribution in [3.63, 3.8) is 0 Å². The number of ether oxygens (including phenoxy) is 3. The third kappa shape index (κ3) is 5.30. The first-order chi connectivity index (χ1) is 15.8. The van der Waals surface area contributed by atoms with E-state index in [0.29, 0.717) is 37.3 Å². The van der Waals surface area contributed by atoms with Gasteiger partial charge in [-0.2, -0.15) is 0 Å². The number of esters is 1. The highest BCUT2D eigenvalue weighted by molar-refractivity contribution is 7.93. The second-order valence-corrected chi connectivity index (χ2v) is 10.1. The zero-order valence-electron chi connectivity index (χ0n) is 18.8. The van der Waals surface area contributed by atoms with Crippen LogP contribution in [-0.2, 0) is 30.6 Å². The molecule has 33 heavy (non-hydrogen) atoms. The third-order valence-electron chi connectivity index (χ3n) is 5.87. The number of carbonyl (C=O) groups is 2. The molecule has 2 aromatic rings. The molecule has 8 nitrogen and oxygen atoms in total. The van der Waals surface area contributed by atoms with Gasteiger partial charge < -0.3 is 19.5 Å². The molecule has 0 spiro atoms. The molecular formula is C24H29NO7S. The third-order valence-corrected chi connectivity index (χ3v) is 8.37. The van der Waals surface area contributed by atoms with E-state index in [-0.39, 0.29) is 17.7 Å². The lowest BCUT2D eigenvalue weighted by molar-refractivity contribution is -0.151. The van der Waals surface area contributed by atoms with Crippen LogP contribution in [0.4, 0.5) is 0 Å². The zero-order chi connectivity index (χ0) is 23.9. The first-order valence-corrected chi connectivity index (χ1v) is 12.3. The normalized spacial score (nSPS) is 15.0. The van der Waals surface area contributed by atoms with E-state index in [2.05, 4.69) is 5.32 Å². The second kappa shape index (κ2) is 10.7. The van der Waals surface area contributed by atoms with Crippen LogP contribution in [0.2, 0.25) is 0 Å². The molecule has 0 heterocycles. The van der Waals surface area contributed by atoms with E-state index in [1.54, 1.807) is 38.5 Å². The van der Waals surface area contributed by atoms with Crippen molar-refractivity contribution in [2.75, 3.05) is 27.4 Å². The minimum Gasteiger partial charge on any atom is -0.493 e. The Morgan fingerprint density at radius 3 is 2.27 bits per heavy atom. The topological polar surface area (TPSA) is 108 Å². The number of sulfone groups is 1. The second-order valence-electron chi connectivity index (χ2n) is 7.88. The molecule has 1 fully saturated rings. The molecule has 9 heteroatoms. The van der Waals surface area contributed by atoms with Crippen LogP contribution in [0.3, 0.4) is 0 Å². The highest BCUT2D eigenvalue weighted by Gasteiger charge is 2.54. The van der Waals surface area contributed by atoms with Gasteiger partial charge in [-0.05, 0) is 49.1 Å². The zero-order valence-corrected chi connectivity index (χ0v) is 19.7. The molecule has 0 radical (unpaired) electrons. The Labute approximate surface area is 194 Å². The molecule has 0 aliphatic heterocycles. The van der Waals surface area contributed by atoms with Crippen molar-refractivity contribution >= 4 is 21.7 Å². The van der Waals surface area contributed by atoms with Gasteiger partial charge in [-0.3, -0.25) is 9.59 Å². The quantitative estimate of drug-likeness (QED) is 0.527. The summed E-state index contributed by atoms with van der Waals surface area (Å²) in [6.07, 6.45) is 2.12. The molecule has 0 atom stereocenters. The molecule has 0 aromatic heterocycles. The summed E-state index contributed by atoms with van der Waals surface area (Å²) in [6.45, 7) is -0.212. The van der Waals surface area contributed by atoms with Gasteiger partial charge in [-0.25, -0.2) is 8.42 Å². The van der Waals surface area contributed by atoms with E-state index in [4.69, 9.17) is 14.2 Å². The van der Waals surface area contributed by atoms with Gasteiger partial charge >= 0.3 is 5.97 Å². The number of methoxy groups -OCH3 is 2. The smallest absolute Gasteiger partial charge is 0.328 e. The Hall–Kier alpha value is -3.07. The van der Waals surface area contributed by atoms with Crippen molar-refractivity contribution in [3.05, 3.63) is 54.1 Å². The number of rotatable bonds is 10. The first kappa shape index (κ1) is 24.6. The van der Waals surface area contributed by atoms with Gasteiger partial charge in [0.15, 0.2) is 32.7 Å². The maximum atomic E-state index is 13.2. The average molecular weight is 476 g/mol. The Balaban J connectivity index is 1.56. The van der Waals surface area contributed by atoms with Crippen LogP contribution >= 0.6 is 0 Å². The van der Waals surface area contributed by atoms with Crippen LogP contribution in [0.5, 0.6) is 11.5 Å². The van der Waals surface area contributed by atoms with E-state index in [0.717, 1.165) is 5.56 Å². The Morgan fingerprint density at radius 2 is 1.64 bits per heavy atom. The van der Waals surface area contributed by atoms with E-state index in [9.17, 15) is 18.0 Å². The van der Waals surface area contributed by atoms with Crippen molar-refractivity contribution in [2.45, 2.75) is 41.7 Å². The van der Waals surface area contributed by atoms with E-state index >= 15 is 0 Å². The fourth-order valence-electron chi connectivity index (χ4n) is 4.05. The van der Waals surface area contributed by atoms with Gasteiger partial charge in [-0.1, -0.05) is 37.1 Å². The number of amides is 1. The van der Waals surface area contributed by atoms with E-state index in [1.165, 1.54) is 12.1 Å². The fourth-order valence-corrected chi connectivity index (χ4v) is 6.12. The lowest BCUT2D eigenvalue weighted by Crippen LogP contribution is -2.46. The fraction of sp³-hybridized carbons (Fsp3) is 0.417. The van der Waals surface area contributed by atoms with Crippen LogP contribution in [0.1, 0.15) is 31.2 Å². The van der Waals surface area contributed by atoms with Crippen LogP contribution in [0.25, 0.3) is 0 Å². The SMILES string of the molecule is COc1ccc(CCNC(=O)COC(=O)C2(S(=O)(=O)c3ccccc3)CCCC2)cc1OC. The molecule has 1 aliphatic carbocycles. The molecule has 1 aliphatic rings. The Kier molecular flexibility index (Phi) is 7.97. The molecule has 0 bridgehead atoms. The van der Waals surface area contributed by atoms with Crippen LogP contribution in [0.15, 0.2) is 53.4 Å². The molecule has 3 rings (SSSR count). The van der Waals surface area contributed by atoms with Gasteiger partial charge in [0.2, 0.25) is 0 Å². The highest BCUT2D eigenvalue weighted by atomic mass is 32.2. The Bertz CT molecular complexity index is 1080. The number of carbonyl (C=O) groups excluding carboxylic acids is 2. The van der Waals surface area contributed by atoms with Gasteiger partial charge in [0.25, 0.3) is 5.91 Å². The van der Waals surface area contributed by atoms with Crippen molar-refractivity contribution in [2.24, 2.45) is 0 Å².